The van der Waals surface area contributed by atoms with Gasteiger partial charge in [-0.3, -0.25) is 0 Å². The molecule has 0 spiro atoms. The molecule has 0 heterocycles. The largest absolute Gasteiger partial charge is 0.356 e. The molecule has 0 aromatic heterocycles. The van der Waals surface area contributed by atoms with E-state index in [9.17, 15) is 0 Å². The molecule has 0 N–H and O–H groups in total. The van der Waals surface area contributed by atoms with E-state index >= 15 is 0 Å². The summed E-state index contributed by atoms with van der Waals surface area (Å²) < 4.78 is 5.76. The summed E-state index contributed by atoms with van der Waals surface area (Å²) in [6.07, 6.45) is 2.26. The highest BCUT2D eigenvalue weighted by Gasteiger charge is 2.07. The third kappa shape index (κ3) is 4.95. The average Bonchev–Trinajstić information content (AvgIpc) is 2.04. The molecule has 72 valence electrons. The first-order chi connectivity index (χ1) is 5.76. The minimum atomic E-state index is 0.848. The molecular formula is C8H17NOS2. The van der Waals surface area contributed by atoms with Gasteiger partial charge in [0.1, 0.15) is 0 Å². The summed E-state index contributed by atoms with van der Waals surface area (Å²) in [5, 5.41) is 0. The van der Waals surface area contributed by atoms with E-state index in [4.69, 9.17) is 16.4 Å². The minimum Gasteiger partial charge on any atom is -0.356 e. The molecule has 0 aliphatic heterocycles. The lowest BCUT2D eigenvalue weighted by Crippen LogP contribution is -2.29. The van der Waals surface area contributed by atoms with E-state index in [2.05, 4.69) is 18.7 Å². The molecule has 0 aromatic rings. The molecule has 0 amide bonds. The number of rotatable bonds is 5. The first kappa shape index (κ1) is 12.2. The van der Waals surface area contributed by atoms with Crippen molar-refractivity contribution in [3.63, 3.8) is 0 Å². The van der Waals surface area contributed by atoms with Gasteiger partial charge in [-0.2, -0.15) is 0 Å². The summed E-state index contributed by atoms with van der Waals surface area (Å²) in [7, 11) is 1.65. The fraction of sp³-hybridized carbons (Fsp3) is 0.875. The molecule has 0 saturated carbocycles. The van der Waals surface area contributed by atoms with Crippen molar-refractivity contribution in [2.75, 3.05) is 20.2 Å². The van der Waals surface area contributed by atoms with Gasteiger partial charge >= 0.3 is 0 Å². The van der Waals surface area contributed by atoms with Crippen LogP contribution in [0.15, 0.2) is 0 Å². The van der Waals surface area contributed by atoms with Crippen molar-refractivity contribution in [1.82, 2.24) is 4.90 Å². The van der Waals surface area contributed by atoms with Crippen LogP contribution in [0.1, 0.15) is 26.7 Å². The Labute approximate surface area is 84.9 Å². The molecule has 0 aliphatic carbocycles. The molecule has 0 atom stereocenters. The summed E-state index contributed by atoms with van der Waals surface area (Å²) in [5.74, 6) is 0. The van der Waals surface area contributed by atoms with Crippen LogP contribution in [0, 0.1) is 0 Å². The van der Waals surface area contributed by atoms with E-state index in [1.165, 1.54) is 12.0 Å². The third-order valence-corrected chi connectivity index (χ3v) is 2.43. The summed E-state index contributed by atoms with van der Waals surface area (Å²) in [6.45, 7) is 6.37. The standard InChI is InChI=1S/C8H17NOS2/c1-4-6-9(7-5-2)8(11)12-10-3/h4-7H2,1-3H3. The van der Waals surface area contributed by atoms with Gasteiger partial charge in [0, 0.05) is 13.1 Å². The zero-order valence-corrected chi connectivity index (χ0v) is 9.63. The van der Waals surface area contributed by atoms with E-state index in [0.29, 0.717) is 0 Å². The molecule has 0 unspecified atom stereocenters. The maximum atomic E-state index is 5.17. The molecular weight excluding hydrogens is 190 g/mol. The Morgan fingerprint density at radius 2 is 1.83 bits per heavy atom. The van der Waals surface area contributed by atoms with E-state index in [0.717, 1.165) is 30.3 Å². The highest BCUT2D eigenvalue weighted by molar-refractivity contribution is 8.19. The van der Waals surface area contributed by atoms with Crippen LogP contribution in [-0.2, 0) is 4.18 Å². The van der Waals surface area contributed by atoms with Crippen LogP contribution < -0.4 is 0 Å². The third-order valence-electron chi connectivity index (χ3n) is 1.40. The highest BCUT2D eigenvalue weighted by Crippen LogP contribution is 2.10. The molecule has 0 bridgehead atoms. The van der Waals surface area contributed by atoms with E-state index in [-0.39, 0.29) is 0 Å². The Morgan fingerprint density at radius 1 is 1.33 bits per heavy atom. The van der Waals surface area contributed by atoms with Gasteiger partial charge in [-0.05, 0) is 12.8 Å². The van der Waals surface area contributed by atoms with E-state index in [1.54, 1.807) is 7.11 Å². The molecule has 4 heteroatoms. The van der Waals surface area contributed by atoms with Crippen molar-refractivity contribution >= 4 is 28.6 Å². The fourth-order valence-corrected chi connectivity index (χ4v) is 1.78. The van der Waals surface area contributed by atoms with Gasteiger partial charge in [0.25, 0.3) is 0 Å². The smallest absolute Gasteiger partial charge is 0.163 e. The van der Waals surface area contributed by atoms with Crippen molar-refractivity contribution in [3.05, 3.63) is 0 Å². The molecule has 0 rings (SSSR count). The second kappa shape index (κ2) is 7.83. The van der Waals surface area contributed by atoms with Crippen molar-refractivity contribution < 1.29 is 4.18 Å². The zero-order chi connectivity index (χ0) is 9.40. The van der Waals surface area contributed by atoms with Crippen molar-refractivity contribution in [2.45, 2.75) is 26.7 Å². The van der Waals surface area contributed by atoms with Gasteiger partial charge in [-0.15, -0.1) is 0 Å². The van der Waals surface area contributed by atoms with Gasteiger partial charge in [0.2, 0.25) is 0 Å². The Balaban J connectivity index is 3.81. The molecule has 0 radical (unpaired) electrons. The Kier molecular flexibility index (Phi) is 7.96. The maximum Gasteiger partial charge on any atom is 0.163 e. The SMILES string of the molecule is CCCN(CCC)C(=S)SOC. The number of hydrogen-bond acceptors (Lipinski definition) is 3. The maximum absolute atomic E-state index is 5.17. The van der Waals surface area contributed by atoms with Gasteiger partial charge < -0.3 is 9.08 Å². The topological polar surface area (TPSA) is 12.5 Å². The van der Waals surface area contributed by atoms with Crippen LogP contribution >= 0.6 is 24.3 Å². The lowest BCUT2D eigenvalue weighted by molar-refractivity contribution is 0.425. The molecule has 2 nitrogen and oxygen atoms in total. The molecule has 0 saturated heterocycles. The van der Waals surface area contributed by atoms with Crippen molar-refractivity contribution in [2.24, 2.45) is 0 Å². The first-order valence-electron chi connectivity index (χ1n) is 4.25. The van der Waals surface area contributed by atoms with Crippen LogP contribution in [0.3, 0.4) is 0 Å². The van der Waals surface area contributed by atoms with Crippen LogP contribution in [0.2, 0.25) is 0 Å². The second-order valence-corrected chi connectivity index (χ2v) is 4.03. The molecule has 0 aromatic carbocycles. The lowest BCUT2D eigenvalue weighted by atomic mass is 10.4. The summed E-state index contributed by atoms with van der Waals surface area (Å²) >= 11 is 6.45. The van der Waals surface area contributed by atoms with Crippen LogP contribution in [-0.4, -0.2) is 29.4 Å². The molecule has 12 heavy (non-hydrogen) atoms. The van der Waals surface area contributed by atoms with Gasteiger partial charge in [-0.25, -0.2) is 0 Å². The van der Waals surface area contributed by atoms with Crippen molar-refractivity contribution in [3.8, 4) is 0 Å². The van der Waals surface area contributed by atoms with Crippen molar-refractivity contribution in [1.29, 1.82) is 0 Å². The van der Waals surface area contributed by atoms with Crippen LogP contribution in [0.5, 0.6) is 0 Å². The predicted octanol–water partition coefficient (Wildman–Crippen LogP) is 2.69. The minimum absolute atomic E-state index is 0.848. The quantitative estimate of drug-likeness (QED) is 0.507. The molecule has 0 fully saturated rings. The Morgan fingerprint density at radius 3 is 2.17 bits per heavy atom. The predicted molar refractivity (Wildman–Crippen MR) is 59.4 cm³/mol. The lowest BCUT2D eigenvalue weighted by Gasteiger charge is -2.22. The Bertz CT molecular complexity index is 124. The average molecular weight is 207 g/mol. The monoisotopic (exact) mass is 207 g/mol. The Hall–Kier alpha value is 0.200. The summed E-state index contributed by atoms with van der Waals surface area (Å²) in [5.41, 5.74) is 0. The normalized spacial score (nSPS) is 9.92. The zero-order valence-electron chi connectivity index (χ0n) is 8.00. The molecule has 0 aliphatic rings. The van der Waals surface area contributed by atoms with Gasteiger partial charge in [-0.1, -0.05) is 26.1 Å². The number of nitrogens with zero attached hydrogens (tertiary/aromatic N) is 1. The van der Waals surface area contributed by atoms with E-state index in [1.807, 2.05) is 0 Å². The van der Waals surface area contributed by atoms with Crippen LogP contribution in [0.25, 0.3) is 0 Å². The van der Waals surface area contributed by atoms with Crippen LogP contribution in [0.4, 0.5) is 0 Å². The fourth-order valence-electron chi connectivity index (χ4n) is 0.958. The van der Waals surface area contributed by atoms with Gasteiger partial charge in [0.15, 0.2) is 4.32 Å². The van der Waals surface area contributed by atoms with E-state index < -0.39 is 0 Å². The second-order valence-electron chi connectivity index (χ2n) is 2.50. The first-order valence-corrected chi connectivity index (χ1v) is 5.40. The number of hydrogen-bond donors (Lipinski definition) is 0. The van der Waals surface area contributed by atoms with Gasteiger partial charge in [0.05, 0.1) is 19.2 Å². The highest BCUT2D eigenvalue weighted by atomic mass is 32.2. The summed E-state index contributed by atoms with van der Waals surface area (Å²) in [4.78, 5) is 2.18. The number of thiocarbonyl (C=S) groups is 1. The summed E-state index contributed by atoms with van der Waals surface area (Å²) in [6, 6.07) is 0.